The van der Waals surface area contributed by atoms with Gasteiger partial charge in [0, 0.05) is 24.9 Å². The number of aromatic nitrogens is 1. The zero-order valence-electron chi connectivity index (χ0n) is 12.5. The van der Waals surface area contributed by atoms with Crippen molar-refractivity contribution in [2.75, 3.05) is 19.8 Å². The summed E-state index contributed by atoms with van der Waals surface area (Å²) in [4.78, 5) is 4.24. The molecule has 0 amide bonds. The molecule has 0 aliphatic heterocycles. The van der Waals surface area contributed by atoms with Crippen molar-refractivity contribution in [3.63, 3.8) is 0 Å². The largest absolute Gasteiger partial charge is 0.472 e. The lowest BCUT2D eigenvalue weighted by molar-refractivity contribution is 0.0633. The van der Waals surface area contributed by atoms with Crippen LogP contribution in [0.5, 0.6) is 5.88 Å². The maximum absolute atomic E-state index is 5.75. The SMILES string of the molecule is CCCNC(C)c1ccnc(OC(C)COCC)c1. The number of rotatable bonds is 9. The lowest BCUT2D eigenvalue weighted by Gasteiger charge is -2.17. The molecule has 4 heteroatoms. The van der Waals surface area contributed by atoms with Crippen LogP contribution in [0.25, 0.3) is 0 Å². The summed E-state index contributed by atoms with van der Waals surface area (Å²) in [5.41, 5.74) is 1.20. The number of nitrogens with zero attached hydrogens (tertiary/aromatic N) is 1. The predicted octanol–water partition coefficient (Wildman–Crippen LogP) is 2.95. The smallest absolute Gasteiger partial charge is 0.213 e. The molecule has 1 rings (SSSR count). The van der Waals surface area contributed by atoms with Gasteiger partial charge in [0.2, 0.25) is 5.88 Å². The zero-order valence-corrected chi connectivity index (χ0v) is 12.5. The van der Waals surface area contributed by atoms with Gasteiger partial charge in [0.25, 0.3) is 0 Å². The van der Waals surface area contributed by atoms with E-state index in [0.29, 0.717) is 25.1 Å². The highest BCUT2D eigenvalue weighted by atomic mass is 16.5. The third kappa shape index (κ3) is 6.03. The van der Waals surface area contributed by atoms with Crippen molar-refractivity contribution in [1.82, 2.24) is 10.3 Å². The fourth-order valence-corrected chi connectivity index (χ4v) is 1.76. The summed E-state index contributed by atoms with van der Waals surface area (Å²) in [6.07, 6.45) is 2.94. The first-order valence-corrected chi connectivity index (χ1v) is 7.11. The average Bonchev–Trinajstić information content (AvgIpc) is 2.42. The zero-order chi connectivity index (χ0) is 14.1. The lowest BCUT2D eigenvalue weighted by atomic mass is 10.1. The average molecular weight is 266 g/mol. The molecule has 0 saturated heterocycles. The van der Waals surface area contributed by atoms with Gasteiger partial charge >= 0.3 is 0 Å². The van der Waals surface area contributed by atoms with Gasteiger partial charge in [-0.3, -0.25) is 0 Å². The van der Waals surface area contributed by atoms with E-state index in [9.17, 15) is 0 Å². The van der Waals surface area contributed by atoms with Crippen LogP contribution in [0, 0.1) is 0 Å². The van der Waals surface area contributed by atoms with Crippen molar-refractivity contribution in [3.05, 3.63) is 23.9 Å². The molecule has 2 unspecified atom stereocenters. The van der Waals surface area contributed by atoms with E-state index in [1.807, 2.05) is 26.0 Å². The third-order valence-electron chi connectivity index (χ3n) is 2.84. The van der Waals surface area contributed by atoms with E-state index < -0.39 is 0 Å². The number of ether oxygens (including phenoxy) is 2. The molecule has 0 aromatic carbocycles. The van der Waals surface area contributed by atoms with Gasteiger partial charge in [-0.2, -0.15) is 0 Å². The summed E-state index contributed by atoms with van der Waals surface area (Å²) >= 11 is 0. The normalized spacial score (nSPS) is 14.1. The highest BCUT2D eigenvalue weighted by molar-refractivity contribution is 5.23. The van der Waals surface area contributed by atoms with Crippen LogP contribution >= 0.6 is 0 Å². The number of pyridine rings is 1. The van der Waals surface area contributed by atoms with E-state index in [4.69, 9.17) is 9.47 Å². The molecule has 0 radical (unpaired) electrons. The van der Waals surface area contributed by atoms with Gasteiger partial charge in [0.15, 0.2) is 0 Å². The number of hydrogen-bond acceptors (Lipinski definition) is 4. The van der Waals surface area contributed by atoms with Crippen molar-refractivity contribution in [3.8, 4) is 5.88 Å². The van der Waals surface area contributed by atoms with Gasteiger partial charge in [-0.25, -0.2) is 4.98 Å². The highest BCUT2D eigenvalue weighted by Gasteiger charge is 2.09. The van der Waals surface area contributed by atoms with E-state index in [1.54, 1.807) is 6.20 Å². The van der Waals surface area contributed by atoms with Crippen molar-refractivity contribution in [2.45, 2.75) is 46.3 Å². The minimum Gasteiger partial charge on any atom is -0.472 e. The molecule has 1 N–H and O–H groups in total. The molecule has 2 atom stereocenters. The fourth-order valence-electron chi connectivity index (χ4n) is 1.76. The Labute approximate surface area is 116 Å². The highest BCUT2D eigenvalue weighted by Crippen LogP contribution is 2.17. The van der Waals surface area contributed by atoms with Crippen molar-refractivity contribution >= 4 is 0 Å². The maximum Gasteiger partial charge on any atom is 0.213 e. The van der Waals surface area contributed by atoms with Crippen LogP contribution in [0.2, 0.25) is 0 Å². The van der Waals surface area contributed by atoms with Crippen molar-refractivity contribution < 1.29 is 9.47 Å². The second-order valence-electron chi connectivity index (χ2n) is 4.69. The molecular formula is C15H26N2O2. The quantitative estimate of drug-likeness (QED) is 0.746. The van der Waals surface area contributed by atoms with E-state index in [1.165, 1.54) is 5.56 Å². The molecule has 1 heterocycles. The minimum atomic E-state index is 0.0154. The maximum atomic E-state index is 5.75. The Morgan fingerprint density at radius 1 is 1.32 bits per heavy atom. The molecule has 1 aromatic heterocycles. The Kier molecular flexibility index (Phi) is 7.45. The number of hydrogen-bond donors (Lipinski definition) is 1. The van der Waals surface area contributed by atoms with E-state index in [0.717, 1.165) is 13.0 Å². The van der Waals surface area contributed by atoms with Gasteiger partial charge in [-0.1, -0.05) is 6.92 Å². The molecule has 0 spiro atoms. The summed E-state index contributed by atoms with van der Waals surface area (Å²) in [5.74, 6) is 0.662. The van der Waals surface area contributed by atoms with Crippen LogP contribution in [0.15, 0.2) is 18.3 Å². The Balaban J connectivity index is 2.56. The van der Waals surface area contributed by atoms with Crippen LogP contribution in [0.3, 0.4) is 0 Å². The van der Waals surface area contributed by atoms with Gasteiger partial charge in [-0.05, 0) is 45.4 Å². The summed E-state index contributed by atoms with van der Waals surface area (Å²) < 4.78 is 11.1. The topological polar surface area (TPSA) is 43.4 Å². The van der Waals surface area contributed by atoms with Gasteiger partial charge in [-0.15, -0.1) is 0 Å². The van der Waals surface area contributed by atoms with E-state index in [2.05, 4.69) is 24.1 Å². The molecule has 0 aliphatic rings. The van der Waals surface area contributed by atoms with Crippen LogP contribution in [-0.2, 0) is 4.74 Å². The van der Waals surface area contributed by atoms with Gasteiger partial charge in [0.05, 0.1) is 6.61 Å². The lowest BCUT2D eigenvalue weighted by Crippen LogP contribution is -2.21. The number of nitrogens with one attached hydrogen (secondary N) is 1. The van der Waals surface area contributed by atoms with Crippen molar-refractivity contribution in [2.24, 2.45) is 0 Å². The Bertz CT molecular complexity index is 358. The van der Waals surface area contributed by atoms with Crippen LogP contribution in [0.1, 0.15) is 45.7 Å². The van der Waals surface area contributed by atoms with Crippen molar-refractivity contribution in [1.29, 1.82) is 0 Å². The van der Waals surface area contributed by atoms with Crippen LogP contribution in [-0.4, -0.2) is 30.8 Å². The first-order valence-electron chi connectivity index (χ1n) is 7.11. The summed E-state index contributed by atoms with van der Waals surface area (Å²) in [7, 11) is 0. The predicted molar refractivity (Wildman–Crippen MR) is 77.5 cm³/mol. The molecule has 1 aromatic rings. The fraction of sp³-hybridized carbons (Fsp3) is 0.667. The Hall–Kier alpha value is -1.13. The molecule has 4 nitrogen and oxygen atoms in total. The second kappa shape index (κ2) is 8.88. The second-order valence-corrected chi connectivity index (χ2v) is 4.69. The van der Waals surface area contributed by atoms with Gasteiger partial charge < -0.3 is 14.8 Å². The van der Waals surface area contributed by atoms with Crippen LogP contribution in [0.4, 0.5) is 0 Å². The molecule has 19 heavy (non-hydrogen) atoms. The molecule has 108 valence electrons. The molecule has 0 bridgehead atoms. The Morgan fingerprint density at radius 3 is 2.79 bits per heavy atom. The molecule has 0 aliphatic carbocycles. The minimum absolute atomic E-state index is 0.0154. The summed E-state index contributed by atoms with van der Waals surface area (Å²) in [6.45, 7) is 10.6. The van der Waals surface area contributed by atoms with Crippen LogP contribution < -0.4 is 10.1 Å². The Morgan fingerprint density at radius 2 is 2.11 bits per heavy atom. The molecule has 0 fully saturated rings. The third-order valence-corrected chi connectivity index (χ3v) is 2.84. The first kappa shape index (κ1) is 15.9. The monoisotopic (exact) mass is 266 g/mol. The van der Waals surface area contributed by atoms with E-state index in [-0.39, 0.29) is 6.10 Å². The standard InChI is InChI=1S/C15H26N2O2/c1-5-8-16-13(4)14-7-9-17-15(10-14)19-12(3)11-18-6-2/h7,9-10,12-13,16H,5-6,8,11H2,1-4H3. The molecular weight excluding hydrogens is 240 g/mol. The first-order chi connectivity index (χ1) is 9.17. The summed E-state index contributed by atoms with van der Waals surface area (Å²) in [6, 6.07) is 4.33. The van der Waals surface area contributed by atoms with Gasteiger partial charge in [0.1, 0.15) is 6.10 Å². The summed E-state index contributed by atoms with van der Waals surface area (Å²) in [5, 5.41) is 3.46. The van der Waals surface area contributed by atoms with E-state index >= 15 is 0 Å². The molecule has 0 saturated carbocycles.